The molecule has 1 fully saturated rings. The van der Waals surface area contributed by atoms with E-state index in [1.54, 1.807) is 0 Å². The molecular weight excluding hydrogens is 338 g/mol. The average molecular weight is 367 g/mol. The third kappa shape index (κ3) is 5.65. The van der Waals surface area contributed by atoms with E-state index in [9.17, 15) is 4.79 Å². The van der Waals surface area contributed by atoms with Crippen molar-refractivity contribution in [2.24, 2.45) is 0 Å². The lowest BCUT2D eigenvalue weighted by Gasteiger charge is -2.30. The monoisotopic (exact) mass is 367 g/mol. The number of ether oxygens (including phenoxy) is 2. The van der Waals surface area contributed by atoms with Gasteiger partial charge in [0.25, 0.3) is 0 Å². The highest BCUT2D eigenvalue weighted by atomic mass is 16.5. The van der Waals surface area contributed by atoms with Crippen LogP contribution < -0.4 is 4.74 Å². The number of hydrogen-bond acceptors (Lipinski definition) is 4. The van der Waals surface area contributed by atoms with Gasteiger partial charge in [0.2, 0.25) is 0 Å². The molecule has 1 heterocycles. The fraction of sp³-hybridized carbons (Fsp3) is 0.435. The van der Waals surface area contributed by atoms with Gasteiger partial charge in [0.05, 0.1) is 25.7 Å². The molecule has 144 valence electrons. The molecule has 0 spiro atoms. The van der Waals surface area contributed by atoms with Crippen LogP contribution in [0.25, 0.3) is 0 Å². The first-order valence-electron chi connectivity index (χ1n) is 9.90. The Morgan fingerprint density at radius 3 is 2.44 bits per heavy atom. The van der Waals surface area contributed by atoms with Crippen molar-refractivity contribution in [3.8, 4) is 5.75 Å². The molecule has 1 aliphatic rings. The van der Waals surface area contributed by atoms with Crippen LogP contribution in [0.2, 0.25) is 0 Å². The summed E-state index contributed by atoms with van der Waals surface area (Å²) < 4.78 is 11.2. The second-order valence-electron chi connectivity index (χ2n) is 6.97. The molecule has 1 aliphatic heterocycles. The maximum Gasteiger partial charge on any atom is 0.171 e. The second-order valence-corrected chi connectivity index (χ2v) is 6.97. The molecule has 0 bridgehead atoms. The van der Waals surface area contributed by atoms with Crippen molar-refractivity contribution in [1.82, 2.24) is 4.90 Å². The predicted octanol–water partition coefficient (Wildman–Crippen LogP) is 4.16. The summed E-state index contributed by atoms with van der Waals surface area (Å²) in [5.41, 5.74) is 1.80. The minimum atomic E-state index is -0.170. The number of benzene rings is 2. The van der Waals surface area contributed by atoms with E-state index in [1.165, 1.54) is 0 Å². The number of unbranched alkanes of at least 4 members (excludes halogenated alkanes) is 1. The van der Waals surface area contributed by atoms with Crippen molar-refractivity contribution in [3.63, 3.8) is 0 Å². The first-order chi connectivity index (χ1) is 13.3. The van der Waals surface area contributed by atoms with E-state index < -0.39 is 0 Å². The van der Waals surface area contributed by atoms with Crippen LogP contribution in [0.3, 0.4) is 0 Å². The number of carbonyl (C=O) groups excluding carboxylic acids is 1. The summed E-state index contributed by atoms with van der Waals surface area (Å²) in [4.78, 5) is 15.6. The lowest BCUT2D eigenvalue weighted by Crippen LogP contribution is -2.40. The van der Waals surface area contributed by atoms with Crippen LogP contribution in [0.1, 0.15) is 41.6 Å². The van der Waals surface area contributed by atoms with Crippen LogP contribution in [0, 0.1) is 0 Å². The Balaban J connectivity index is 1.73. The third-order valence-corrected chi connectivity index (χ3v) is 4.97. The molecule has 4 heteroatoms. The topological polar surface area (TPSA) is 38.8 Å². The molecule has 0 unspecified atom stereocenters. The molecule has 0 saturated carbocycles. The van der Waals surface area contributed by atoms with E-state index in [2.05, 4.69) is 11.8 Å². The Morgan fingerprint density at radius 1 is 1.07 bits per heavy atom. The van der Waals surface area contributed by atoms with Crippen molar-refractivity contribution in [1.29, 1.82) is 0 Å². The zero-order valence-corrected chi connectivity index (χ0v) is 16.1. The molecule has 2 aromatic rings. The maximum absolute atomic E-state index is 13.3. The van der Waals surface area contributed by atoms with Gasteiger partial charge in [-0.1, -0.05) is 43.7 Å². The summed E-state index contributed by atoms with van der Waals surface area (Å²) in [6.07, 6.45) is 2.15. The fourth-order valence-corrected chi connectivity index (χ4v) is 3.32. The zero-order chi connectivity index (χ0) is 18.9. The van der Waals surface area contributed by atoms with Gasteiger partial charge < -0.3 is 9.47 Å². The van der Waals surface area contributed by atoms with E-state index >= 15 is 0 Å². The van der Waals surface area contributed by atoms with Gasteiger partial charge in [-0.25, -0.2) is 0 Å². The molecule has 4 nitrogen and oxygen atoms in total. The highest BCUT2D eigenvalue weighted by Gasteiger charge is 2.25. The Morgan fingerprint density at radius 2 is 1.78 bits per heavy atom. The molecule has 0 N–H and O–H groups in total. The van der Waals surface area contributed by atoms with E-state index in [1.807, 2.05) is 54.6 Å². The minimum absolute atomic E-state index is 0.160. The first kappa shape index (κ1) is 19.6. The number of nitrogens with zero attached hydrogens (tertiary/aromatic N) is 1. The summed E-state index contributed by atoms with van der Waals surface area (Å²) in [5.74, 6) is 0.813. The lowest BCUT2D eigenvalue weighted by atomic mass is 9.90. The van der Waals surface area contributed by atoms with Crippen molar-refractivity contribution in [2.75, 3.05) is 39.5 Å². The average Bonchev–Trinajstić information content (AvgIpc) is 2.74. The van der Waals surface area contributed by atoms with E-state index in [0.29, 0.717) is 6.61 Å². The number of Topliss-reactive ketones (excluding diaryl/α,β-unsaturated/α-hetero) is 1. The highest BCUT2D eigenvalue weighted by molar-refractivity contribution is 6.01. The van der Waals surface area contributed by atoms with Crippen molar-refractivity contribution in [3.05, 3.63) is 65.7 Å². The Bertz CT molecular complexity index is 693. The number of rotatable bonds is 9. The van der Waals surface area contributed by atoms with Crippen LogP contribution >= 0.6 is 0 Å². The summed E-state index contributed by atoms with van der Waals surface area (Å²) >= 11 is 0. The van der Waals surface area contributed by atoms with Crippen molar-refractivity contribution < 1.29 is 14.3 Å². The summed E-state index contributed by atoms with van der Waals surface area (Å²) in [6, 6.07) is 17.7. The quantitative estimate of drug-likeness (QED) is 0.493. The van der Waals surface area contributed by atoms with Gasteiger partial charge in [-0.2, -0.15) is 0 Å². The highest BCUT2D eigenvalue weighted by Crippen LogP contribution is 2.24. The van der Waals surface area contributed by atoms with E-state index in [-0.39, 0.29) is 11.7 Å². The van der Waals surface area contributed by atoms with Gasteiger partial charge in [0, 0.05) is 25.2 Å². The predicted molar refractivity (Wildman–Crippen MR) is 108 cm³/mol. The standard InChI is InChI=1S/C23H29NO3/c1-2-3-15-27-21-11-9-20(10-12-21)23(25)22(19-7-5-4-6-8-19)18-24-13-16-26-17-14-24/h4-12,22H,2-3,13-18H2,1H3/t22-/m1/s1. The summed E-state index contributed by atoms with van der Waals surface area (Å²) in [6.45, 7) is 6.80. The molecule has 2 aromatic carbocycles. The van der Waals surface area contributed by atoms with Crippen LogP contribution in [0.4, 0.5) is 0 Å². The number of hydrogen-bond donors (Lipinski definition) is 0. The molecule has 0 radical (unpaired) electrons. The number of carbonyl (C=O) groups is 1. The van der Waals surface area contributed by atoms with Gasteiger partial charge in [-0.05, 0) is 36.2 Å². The Kier molecular flexibility index (Phi) is 7.43. The minimum Gasteiger partial charge on any atom is -0.494 e. The van der Waals surface area contributed by atoms with E-state index in [0.717, 1.165) is 62.6 Å². The molecular formula is C23H29NO3. The number of ketones is 1. The normalized spacial score (nSPS) is 16.0. The Labute approximate surface area is 162 Å². The van der Waals surface area contributed by atoms with Crippen LogP contribution in [0.5, 0.6) is 5.75 Å². The molecule has 27 heavy (non-hydrogen) atoms. The SMILES string of the molecule is CCCCOc1ccc(C(=O)[C@H](CN2CCOCC2)c2ccccc2)cc1. The lowest BCUT2D eigenvalue weighted by molar-refractivity contribution is 0.0345. The molecule has 0 aromatic heterocycles. The van der Waals surface area contributed by atoms with Gasteiger partial charge in [0.1, 0.15) is 5.75 Å². The summed E-state index contributed by atoms with van der Waals surface area (Å²) in [5, 5.41) is 0. The van der Waals surface area contributed by atoms with E-state index in [4.69, 9.17) is 9.47 Å². The van der Waals surface area contributed by atoms with Crippen molar-refractivity contribution >= 4 is 5.78 Å². The Hall–Kier alpha value is -2.17. The van der Waals surface area contributed by atoms with Gasteiger partial charge in [0.15, 0.2) is 5.78 Å². The van der Waals surface area contributed by atoms with Crippen LogP contribution in [-0.4, -0.2) is 50.1 Å². The summed E-state index contributed by atoms with van der Waals surface area (Å²) in [7, 11) is 0. The van der Waals surface area contributed by atoms with Crippen LogP contribution in [0.15, 0.2) is 54.6 Å². The largest absolute Gasteiger partial charge is 0.494 e. The van der Waals surface area contributed by atoms with Crippen molar-refractivity contribution in [2.45, 2.75) is 25.7 Å². The van der Waals surface area contributed by atoms with Gasteiger partial charge in [-0.15, -0.1) is 0 Å². The fourth-order valence-electron chi connectivity index (χ4n) is 3.32. The van der Waals surface area contributed by atoms with Gasteiger partial charge >= 0.3 is 0 Å². The first-order valence-corrected chi connectivity index (χ1v) is 9.90. The number of morpholine rings is 1. The molecule has 0 amide bonds. The smallest absolute Gasteiger partial charge is 0.171 e. The zero-order valence-electron chi connectivity index (χ0n) is 16.1. The molecule has 0 aliphatic carbocycles. The van der Waals surface area contributed by atoms with Gasteiger partial charge in [-0.3, -0.25) is 9.69 Å². The molecule has 3 rings (SSSR count). The maximum atomic E-state index is 13.3. The molecule has 1 atom stereocenters. The second kappa shape index (κ2) is 10.2. The van der Waals surface area contributed by atoms with Crippen LogP contribution in [-0.2, 0) is 4.74 Å². The third-order valence-electron chi connectivity index (χ3n) is 4.97. The molecule has 1 saturated heterocycles.